The maximum absolute atomic E-state index is 2.39. The minimum absolute atomic E-state index is 0.852. The highest BCUT2D eigenvalue weighted by Crippen LogP contribution is 2.28. The van der Waals surface area contributed by atoms with Crippen molar-refractivity contribution in [3.63, 3.8) is 0 Å². The van der Waals surface area contributed by atoms with Crippen molar-refractivity contribution in [1.29, 1.82) is 0 Å². The Hall–Kier alpha value is -0.0800. The molecule has 0 aromatic carbocycles. The Kier molecular flexibility index (Phi) is 4.90. The monoisotopic (exact) mass is 198 g/mol. The van der Waals surface area contributed by atoms with Crippen LogP contribution in [0.1, 0.15) is 32.1 Å². The first-order valence-electron chi connectivity index (χ1n) is 5.90. The first kappa shape index (κ1) is 12.0. The van der Waals surface area contributed by atoms with E-state index in [2.05, 4.69) is 38.0 Å². The fourth-order valence-corrected chi connectivity index (χ4v) is 2.39. The Morgan fingerprint density at radius 2 is 1.50 bits per heavy atom. The lowest BCUT2D eigenvalue weighted by molar-refractivity contribution is 0.182. The van der Waals surface area contributed by atoms with Crippen LogP contribution in [-0.2, 0) is 0 Å². The lowest BCUT2D eigenvalue weighted by Crippen LogP contribution is -2.32. The van der Waals surface area contributed by atoms with E-state index in [0.29, 0.717) is 0 Å². The molecule has 84 valence electrons. The second-order valence-electron chi connectivity index (χ2n) is 5.23. The van der Waals surface area contributed by atoms with Gasteiger partial charge >= 0.3 is 0 Å². The smallest absolute Gasteiger partial charge is 0.00893 e. The molecule has 0 spiro atoms. The predicted octanol–water partition coefficient (Wildman–Crippen LogP) is 2.06. The Bertz CT molecular complexity index is 146. The molecule has 0 aromatic heterocycles. The molecule has 0 radical (unpaired) electrons. The largest absolute Gasteiger partial charge is 0.309 e. The minimum Gasteiger partial charge on any atom is -0.309 e. The highest BCUT2D eigenvalue weighted by atomic mass is 15.1. The lowest BCUT2D eigenvalue weighted by Gasteiger charge is -2.33. The van der Waals surface area contributed by atoms with Gasteiger partial charge in [-0.25, -0.2) is 0 Å². The van der Waals surface area contributed by atoms with Crippen molar-refractivity contribution in [3.8, 4) is 0 Å². The fourth-order valence-electron chi connectivity index (χ4n) is 2.39. The topological polar surface area (TPSA) is 6.48 Å². The third-order valence-electron chi connectivity index (χ3n) is 3.53. The molecular formula is C12H26N2. The Morgan fingerprint density at radius 1 is 0.929 bits per heavy atom. The third-order valence-corrected chi connectivity index (χ3v) is 3.53. The molecule has 1 fully saturated rings. The van der Waals surface area contributed by atoms with Crippen molar-refractivity contribution in [1.82, 2.24) is 9.80 Å². The van der Waals surface area contributed by atoms with Gasteiger partial charge in [-0.05, 0) is 72.8 Å². The fraction of sp³-hybridized carbons (Fsp3) is 1.00. The molecule has 0 heterocycles. The Morgan fingerprint density at radius 3 is 1.93 bits per heavy atom. The van der Waals surface area contributed by atoms with Crippen LogP contribution in [0, 0.1) is 5.92 Å². The second kappa shape index (κ2) is 5.72. The highest BCUT2D eigenvalue weighted by molar-refractivity contribution is 4.77. The Labute approximate surface area is 89.3 Å². The second-order valence-corrected chi connectivity index (χ2v) is 5.23. The summed E-state index contributed by atoms with van der Waals surface area (Å²) in [5.74, 6) is 0.994. The number of nitrogens with zero attached hydrogens (tertiary/aromatic N) is 2. The van der Waals surface area contributed by atoms with Gasteiger partial charge in [0.2, 0.25) is 0 Å². The molecule has 1 saturated carbocycles. The van der Waals surface area contributed by atoms with Crippen LogP contribution < -0.4 is 0 Å². The molecular weight excluding hydrogens is 172 g/mol. The van der Waals surface area contributed by atoms with Crippen LogP contribution in [-0.4, -0.2) is 50.6 Å². The maximum atomic E-state index is 2.39. The zero-order valence-electron chi connectivity index (χ0n) is 10.3. The van der Waals surface area contributed by atoms with Gasteiger partial charge in [-0.3, -0.25) is 0 Å². The first-order chi connectivity index (χ1) is 6.59. The van der Waals surface area contributed by atoms with Crippen molar-refractivity contribution >= 4 is 0 Å². The summed E-state index contributed by atoms with van der Waals surface area (Å²) in [4.78, 5) is 4.69. The van der Waals surface area contributed by atoms with Crippen molar-refractivity contribution in [3.05, 3.63) is 0 Å². The van der Waals surface area contributed by atoms with Crippen molar-refractivity contribution in [2.24, 2.45) is 5.92 Å². The average molecular weight is 198 g/mol. The number of hydrogen-bond donors (Lipinski definition) is 0. The van der Waals surface area contributed by atoms with E-state index in [9.17, 15) is 0 Å². The maximum Gasteiger partial charge on any atom is 0.00893 e. The van der Waals surface area contributed by atoms with E-state index in [1.165, 1.54) is 38.6 Å². The van der Waals surface area contributed by atoms with E-state index in [1.807, 2.05) is 0 Å². The molecule has 14 heavy (non-hydrogen) atoms. The summed E-state index contributed by atoms with van der Waals surface area (Å²) in [6.45, 7) is 1.26. The third kappa shape index (κ3) is 3.97. The van der Waals surface area contributed by atoms with E-state index in [0.717, 1.165) is 12.0 Å². The molecule has 2 heteroatoms. The van der Waals surface area contributed by atoms with Gasteiger partial charge in [0.25, 0.3) is 0 Å². The molecule has 0 amide bonds. The summed E-state index contributed by atoms with van der Waals surface area (Å²) in [6.07, 6.45) is 7.09. The van der Waals surface area contributed by atoms with E-state index >= 15 is 0 Å². The summed E-state index contributed by atoms with van der Waals surface area (Å²) >= 11 is 0. The van der Waals surface area contributed by atoms with Gasteiger partial charge in [0.05, 0.1) is 0 Å². The van der Waals surface area contributed by atoms with Gasteiger partial charge < -0.3 is 9.80 Å². The van der Waals surface area contributed by atoms with Crippen molar-refractivity contribution < 1.29 is 0 Å². The van der Waals surface area contributed by atoms with Crippen molar-refractivity contribution in [2.45, 2.75) is 38.1 Å². The van der Waals surface area contributed by atoms with Gasteiger partial charge in [-0.1, -0.05) is 0 Å². The quantitative estimate of drug-likeness (QED) is 0.682. The van der Waals surface area contributed by atoms with Crippen LogP contribution in [0.2, 0.25) is 0 Å². The zero-order valence-corrected chi connectivity index (χ0v) is 10.3. The molecule has 0 aliphatic heterocycles. The summed E-state index contributed by atoms with van der Waals surface area (Å²) < 4.78 is 0. The number of rotatable bonds is 4. The summed E-state index contributed by atoms with van der Waals surface area (Å²) in [5.41, 5.74) is 0. The van der Waals surface area contributed by atoms with E-state index in [-0.39, 0.29) is 0 Å². The van der Waals surface area contributed by atoms with Gasteiger partial charge in [0.1, 0.15) is 0 Å². The van der Waals surface area contributed by atoms with Crippen molar-refractivity contribution in [2.75, 3.05) is 34.7 Å². The van der Waals surface area contributed by atoms with Crippen LogP contribution in [0.4, 0.5) is 0 Å². The van der Waals surface area contributed by atoms with Gasteiger partial charge in [-0.2, -0.15) is 0 Å². The highest BCUT2D eigenvalue weighted by Gasteiger charge is 2.21. The average Bonchev–Trinajstić information content (AvgIpc) is 2.15. The molecule has 1 aliphatic rings. The molecule has 2 nitrogen and oxygen atoms in total. The minimum atomic E-state index is 0.852. The molecule has 0 aromatic rings. The SMILES string of the molecule is CN(C)CCC1CCC(N(C)C)CC1. The summed E-state index contributed by atoms with van der Waals surface area (Å²) in [6, 6.07) is 0.852. The predicted molar refractivity (Wildman–Crippen MR) is 62.6 cm³/mol. The van der Waals surface area contributed by atoms with E-state index < -0.39 is 0 Å². The normalized spacial score (nSPS) is 28.7. The lowest BCUT2D eigenvalue weighted by atomic mass is 9.83. The van der Waals surface area contributed by atoms with Crippen LogP contribution in [0.15, 0.2) is 0 Å². The van der Waals surface area contributed by atoms with E-state index in [1.54, 1.807) is 0 Å². The molecule has 0 bridgehead atoms. The zero-order chi connectivity index (χ0) is 10.6. The van der Waals surface area contributed by atoms with Crippen LogP contribution in [0.25, 0.3) is 0 Å². The van der Waals surface area contributed by atoms with Gasteiger partial charge in [-0.15, -0.1) is 0 Å². The molecule has 0 saturated heterocycles. The number of hydrogen-bond acceptors (Lipinski definition) is 2. The standard InChI is InChI=1S/C12H26N2/c1-13(2)10-9-11-5-7-12(8-6-11)14(3)4/h11-12H,5-10H2,1-4H3. The van der Waals surface area contributed by atoms with Gasteiger partial charge in [0, 0.05) is 6.04 Å². The summed E-state index contributed by atoms with van der Waals surface area (Å²) in [7, 11) is 8.77. The molecule has 0 atom stereocenters. The Balaban J connectivity index is 2.16. The molecule has 1 rings (SSSR count). The first-order valence-corrected chi connectivity index (χ1v) is 5.90. The van der Waals surface area contributed by atoms with Crippen LogP contribution in [0.5, 0.6) is 0 Å². The summed E-state index contributed by atoms with van der Waals surface area (Å²) in [5, 5.41) is 0. The molecule has 0 unspecified atom stereocenters. The van der Waals surface area contributed by atoms with Gasteiger partial charge in [0.15, 0.2) is 0 Å². The van der Waals surface area contributed by atoms with Crippen LogP contribution >= 0.6 is 0 Å². The van der Waals surface area contributed by atoms with E-state index in [4.69, 9.17) is 0 Å². The molecule has 0 N–H and O–H groups in total. The molecule has 1 aliphatic carbocycles. The van der Waals surface area contributed by atoms with Crippen LogP contribution in [0.3, 0.4) is 0 Å².